The second kappa shape index (κ2) is 4.90. The fraction of sp³-hybridized carbons (Fsp3) is 0.444. The maximum absolute atomic E-state index is 12.4. The molecule has 0 saturated carbocycles. The molecule has 0 spiro atoms. The molecule has 0 saturated heterocycles. The quantitative estimate of drug-likeness (QED) is 0.629. The van der Waals surface area contributed by atoms with Crippen LogP contribution in [-0.2, 0) is 6.54 Å². The van der Waals surface area contributed by atoms with Crippen molar-refractivity contribution in [3.63, 3.8) is 0 Å². The molecule has 0 N–H and O–H groups in total. The minimum Gasteiger partial charge on any atom is -0.307 e. The maximum atomic E-state index is 12.4. The molecular formula is C9H9F3N6O2. The van der Waals surface area contributed by atoms with E-state index in [0.717, 1.165) is 28.0 Å². The van der Waals surface area contributed by atoms with E-state index < -0.39 is 23.7 Å². The van der Waals surface area contributed by atoms with Gasteiger partial charge >= 0.3 is 11.9 Å². The molecule has 0 bridgehead atoms. The van der Waals surface area contributed by atoms with E-state index in [1.54, 1.807) is 0 Å². The first-order valence-electron chi connectivity index (χ1n) is 5.41. The van der Waals surface area contributed by atoms with Crippen molar-refractivity contribution in [1.82, 2.24) is 24.5 Å². The van der Waals surface area contributed by atoms with Crippen LogP contribution in [0.3, 0.4) is 0 Å². The van der Waals surface area contributed by atoms with E-state index in [9.17, 15) is 23.3 Å². The minimum absolute atomic E-state index is 0.0142. The average molecular weight is 290 g/mol. The van der Waals surface area contributed by atoms with Crippen LogP contribution in [0.25, 0.3) is 0 Å². The molecule has 108 valence electrons. The van der Waals surface area contributed by atoms with Crippen molar-refractivity contribution >= 4 is 5.69 Å². The highest BCUT2D eigenvalue weighted by atomic mass is 19.4. The van der Waals surface area contributed by atoms with Crippen molar-refractivity contribution in [2.24, 2.45) is 0 Å². The van der Waals surface area contributed by atoms with Gasteiger partial charge in [-0.3, -0.25) is 14.8 Å². The van der Waals surface area contributed by atoms with E-state index >= 15 is 0 Å². The number of halogens is 3. The summed E-state index contributed by atoms with van der Waals surface area (Å²) in [5.41, 5.74) is -0.251. The third-order valence-corrected chi connectivity index (χ3v) is 2.56. The van der Waals surface area contributed by atoms with Gasteiger partial charge in [-0.25, -0.2) is 0 Å². The van der Waals surface area contributed by atoms with Gasteiger partial charge in [0.05, 0.1) is 4.92 Å². The zero-order valence-electron chi connectivity index (χ0n) is 10.2. The lowest BCUT2D eigenvalue weighted by molar-refractivity contribution is -0.385. The third-order valence-electron chi connectivity index (χ3n) is 2.56. The normalized spacial score (nSPS) is 13.4. The van der Waals surface area contributed by atoms with Crippen LogP contribution in [0.4, 0.5) is 18.9 Å². The lowest BCUT2D eigenvalue weighted by Crippen LogP contribution is -2.21. The van der Waals surface area contributed by atoms with Gasteiger partial charge in [-0.15, -0.1) is 10.2 Å². The molecule has 0 unspecified atom stereocenters. The Labute approximate surface area is 110 Å². The van der Waals surface area contributed by atoms with Crippen LogP contribution < -0.4 is 0 Å². The van der Waals surface area contributed by atoms with Gasteiger partial charge in [0.15, 0.2) is 5.82 Å². The van der Waals surface area contributed by atoms with E-state index in [1.165, 1.54) is 6.92 Å². The summed E-state index contributed by atoms with van der Waals surface area (Å²) < 4.78 is 39.2. The maximum Gasteiger partial charge on any atom is 0.406 e. The number of hydrogen-bond donors (Lipinski definition) is 0. The highest BCUT2D eigenvalue weighted by Gasteiger charge is 2.30. The summed E-state index contributed by atoms with van der Waals surface area (Å²) in [6.07, 6.45) is -1.32. The lowest BCUT2D eigenvalue weighted by Gasteiger charge is -2.14. The van der Waals surface area contributed by atoms with Crippen LogP contribution in [-0.4, -0.2) is 35.6 Å². The Balaban J connectivity index is 2.26. The Morgan fingerprint density at radius 2 is 2.20 bits per heavy atom. The van der Waals surface area contributed by atoms with Crippen LogP contribution in [0.5, 0.6) is 0 Å². The molecule has 0 amide bonds. The zero-order chi connectivity index (χ0) is 14.9. The van der Waals surface area contributed by atoms with E-state index in [-0.39, 0.29) is 11.5 Å². The van der Waals surface area contributed by atoms with Crippen LogP contribution in [0.1, 0.15) is 18.8 Å². The molecular weight excluding hydrogens is 281 g/mol. The predicted octanol–water partition coefficient (Wildman–Crippen LogP) is 1.55. The zero-order valence-corrected chi connectivity index (χ0v) is 10.2. The fourth-order valence-corrected chi connectivity index (χ4v) is 1.65. The summed E-state index contributed by atoms with van der Waals surface area (Å²) in [5.74, 6) is 0.0142. The first-order chi connectivity index (χ1) is 9.28. The molecule has 0 aliphatic heterocycles. The molecule has 2 aromatic heterocycles. The van der Waals surface area contributed by atoms with Gasteiger partial charge in [-0.05, 0) is 6.92 Å². The molecule has 0 fully saturated rings. The summed E-state index contributed by atoms with van der Waals surface area (Å²) in [7, 11) is 0. The van der Waals surface area contributed by atoms with Gasteiger partial charge in [0.1, 0.15) is 31.3 Å². The monoisotopic (exact) mass is 290 g/mol. The standard InChI is InChI=1S/C9H9F3N6O2/c1-6(17-3-7(2-14-17)18(19)20)8-15-13-5-16(8)4-9(10,11)12/h2-3,5-6H,4H2,1H3/t6-/m1/s1. The molecule has 1 atom stereocenters. The van der Waals surface area contributed by atoms with Gasteiger partial charge in [0, 0.05) is 0 Å². The second-order valence-corrected chi connectivity index (χ2v) is 4.04. The van der Waals surface area contributed by atoms with Crippen molar-refractivity contribution in [2.75, 3.05) is 0 Å². The first-order valence-corrected chi connectivity index (χ1v) is 5.41. The van der Waals surface area contributed by atoms with E-state index in [4.69, 9.17) is 0 Å². The van der Waals surface area contributed by atoms with Crippen LogP contribution >= 0.6 is 0 Å². The van der Waals surface area contributed by atoms with Crippen molar-refractivity contribution in [1.29, 1.82) is 0 Å². The second-order valence-electron chi connectivity index (χ2n) is 4.04. The highest BCUT2D eigenvalue weighted by molar-refractivity contribution is 5.21. The Morgan fingerprint density at radius 1 is 1.50 bits per heavy atom. The molecule has 0 radical (unpaired) electrons. The molecule has 20 heavy (non-hydrogen) atoms. The van der Waals surface area contributed by atoms with Crippen molar-refractivity contribution in [2.45, 2.75) is 25.7 Å². The number of nitro groups is 1. The van der Waals surface area contributed by atoms with E-state index in [0.29, 0.717) is 0 Å². The number of hydrogen-bond acceptors (Lipinski definition) is 5. The Bertz CT molecular complexity index is 619. The molecule has 11 heteroatoms. The van der Waals surface area contributed by atoms with Gasteiger partial charge < -0.3 is 4.57 Å². The van der Waals surface area contributed by atoms with Crippen LogP contribution in [0.2, 0.25) is 0 Å². The van der Waals surface area contributed by atoms with Crippen LogP contribution in [0, 0.1) is 10.1 Å². The molecule has 0 aliphatic rings. The largest absolute Gasteiger partial charge is 0.406 e. The number of nitrogens with zero attached hydrogens (tertiary/aromatic N) is 6. The van der Waals surface area contributed by atoms with Gasteiger partial charge in [-0.1, -0.05) is 0 Å². The fourth-order valence-electron chi connectivity index (χ4n) is 1.65. The summed E-state index contributed by atoms with van der Waals surface area (Å²) in [6, 6.07) is -0.714. The SMILES string of the molecule is C[C@H](c1nncn1CC(F)(F)F)n1cc([N+](=O)[O-])cn1. The van der Waals surface area contributed by atoms with E-state index in [1.807, 2.05) is 0 Å². The third kappa shape index (κ3) is 2.92. The number of rotatable bonds is 4. The van der Waals surface area contributed by atoms with Crippen molar-refractivity contribution < 1.29 is 18.1 Å². The Kier molecular flexibility index (Phi) is 3.42. The van der Waals surface area contributed by atoms with E-state index in [2.05, 4.69) is 15.3 Å². The van der Waals surface area contributed by atoms with Crippen molar-refractivity contribution in [3.05, 3.63) is 34.7 Å². The number of alkyl halides is 3. The van der Waals surface area contributed by atoms with Gasteiger partial charge in [0.25, 0.3) is 0 Å². The average Bonchev–Trinajstić information content (AvgIpc) is 2.93. The summed E-state index contributed by atoms with van der Waals surface area (Å²) in [5, 5.41) is 21.3. The Hall–Kier alpha value is -2.46. The smallest absolute Gasteiger partial charge is 0.307 e. The minimum atomic E-state index is -4.41. The summed E-state index contributed by atoms with van der Waals surface area (Å²) in [6.45, 7) is 0.288. The summed E-state index contributed by atoms with van der Waals surface area (Å²) >= 11 is 0. The molecule has 0 aliphatic carbocycles. The molecule has 8 nitrogen and oxygen atoms in total. The predicted molar refractivity (Wildman–Crippen MR) is 58.8 cm³/mol. The molecule has 2 heterocycles. The molecule has 0 aromatic carbocycles. The van der Waals surface area contributed by atoms with Gasteiger partial charge in [0.2, 0.25) is 0 Å². The van der Waals surface area contributed by atoms with Gasteiger partial charge in [-0.2, -0.15) is 18.3 Å². The highest BCUT2D eigenvalue weighted by Crippen LogP contribution is 2.22. The first kappa shape index (κ1) is 14.0. The number of aromatic nitrogens is 5. The van der Waals surface area contributed by atoms with Crippen molar-refractivity contribution in [3.8, 4) is 0 Å². The Morgan fingerprint density at radius 3 is 2.75 bits per heavy atom. The topological polar surface area (TPSA) is 91.7 Å². The lowest BCUT2D eigenvalue weighted by atomic mass is 10.3. The molecule has 2 aromatic rings. The van der Waals surface area contributed by atoms with Crippen LogP contribution in [0.15, 0.2) is 18.7 Å². The molecule has 2 rings (SSSR count). The summed E-state index contributed by atoms with van der Waals surface area (Å²) in [4.78, 5) is 9.91.